The molecule has 0 unspecified atom stereocenters. The van der Waals surface area contributed by atoms with Crippen molar-refractivity contribution in [3.63, 3.8) is 0 Å². The van der Waals surface area contributed by atoms with Crippen molar-refractivity contribution in [3.05, 3.63) is 46.3 Å². The van der Waals surface area contributed by atoms with E-state index >= 15 is 0 Å². The monoisotopic (exact) mass is 311 g/mol. The van der Waals surface area contributed by atoms with Gasteiger partial charge in [0, 0.05) is 37.1 Å². The van der Waals surface area contributed by atoms with Gasteiger partial charge in [-0.15, -0.1) is 0 Å². The van der Waals surface area contributed by atoms with Crippen LogP contribution in [0.15, 0.2) is 35.5 Å². The predicted molar refractivity (Wildman–Crippen MR) is 75.3 cm³/mol. The third-order valence-corrected chi connectivity index (χ3v) is 4.19. The first-order chi connectivity index (χ1) is 9.94. The number of H-pyrrole nitrogens is 1. The molecule has 9 nitrogen and oxygen atoms in total. The Morgan fingerprint density at radius 3 is 2.76 bits per heavy atom. The molecule has 0 saturated carbocycles. The molecule has 0 bridgehead atoms. The summed E-state index contributed by atoms with van der Waals surface area (Å²) in [5.41, 5.74) is 0.601. The van der Waals surface area contributed by atoms with Crippen molar-refractivity contribution in [3.8, 4) is 0 Å². The molecule has 2 rings (SSSR count). The Morgan fingerprint density at radius 1 is 1.43 bits per heavy atom. The number of benzene rings is 1. The summed E-state index contributed by atoms with van der Waals surface area (Å²) >= 11 is 0. The quantitative estimate of drug-likeness (QED) is 0.535. The van der Waals surface area contributed by atoms with Gasteiger partial charge in [0.2, 0.25) is 10.0 Å². The van der Waals surface area contributed by atoms with Crippen LogP contribution < -0.4 is 10.0 Å². The number of rotatable bonds is 6. The average Bonchev–Trinajstić information content (AvgIpc) is 2.98. The summed E-state index contributed by atoms with van der Waals surface area (Å²) in [6, 6.07) is 3.81. The Labute approximate surface area is 120 Å². The molecule has 2 aromatic rings. The molecule has 3 N–H and O–H groups in total. The van der Waals surface area contributed by atoms with Gasteiger partial charge < -0.3 is 5.32 Å². The fourth-order valence-electron chi connectivity index (χ4n) is 1.67. The number of aromatic nitrogens is 2. The Bertz CT molecular complexity index is 742. The van der Waals surface area contributed by atoms with Gasteiger partial charge in [0.05, 0.1) is 11.1 Å². The van der Waals surface area contributed by atoms with Gasteiger partial charge in [-0.2, -0.15) is 5.10 Å². The number of nitrogens with one attached hydrogen (secondary N) is 3. The number of hydrogen-bond acceptors (Lipinski definition) is 6. The first-order valence-corrected chi connectivity index (χ1v) is 7.36. The topological polar surface area (TPSA) is 130 Å². The highest BCUT2D eigenvalue weighted by atomic mass is 32.2. The van der Waals surface area contributed by atoms with Crippen LogP contribution in [0.25, 0.3) is 0 Å². The van der Waals surface area contributed by atoms with Crippen molar-refractivity contribution in [2.75, 3.05) is 12.4 Å². The van der Waals surface area contributed by atoms with E-state index in [1.165, 1.54) is 24.5 Å². The van der Waals surface area contributed by atoms with E-state index in [2.05, 4.69) is 20.2 Å². The highest BCUT2D eigenvalue weighted by Gasteiger charge is 2.26. The SMILES string of the molecule is CNc1ccc([N+](=O)[O-])c(S(=O)(=O)NCc2cn[nH]c2)c1. The molecule has 0 saturated heterocycles. The molecule has 0 amide bonds. The molecule has 10 heteroatoms. The van der Waals surface area contributed by atoms with Gasteiger partial charge in [-0.3, -0.25) is 15.2 Å². The third-order valence-electron chi connectivity index (χ3n) is 2.76. The summed E-state index contributed by atoms with van der Waals surface area (Å²) in [6.45, 7) is -0.0141. The van der Waals surface area contributed by atoms with Crippen molar-refractivity contribution in [1.29, 1.82) is 0 Å². The summed E-state index contributed by atoms with van der Waals surface area (Å²) in [6.07, 6.45) is 2.99. The molecule has 0 aliphatic heterocycles. The van der Waals surface area contributed by atoms with Crippen LogP contribution in [-0.2, 0) is 16.6 Å². The standard InChI is InChI=1S/C11H13N5O4S/c1-12-9-2-3-10(16(17)18)11(4-9)21(19,20)15-7-8-5-13-14-6-8/h2-6,12,15H,7H2,1H3,(H,13,14). The molecule has 0 fully saturated rings. The van der Waals surface area contributed by atoms with Crippen LogP contribution in [0.2, 0.25) is 0 Å². The summed E-state index contributed by atoms with van der Waals surface area (Å²) in [4.78, 5) is 9.86. The average molecular weight is 311 g/mol. The lowest BCUT2D eigenvalue weighted by molar-refractivity contribution is -0.387. The molecule has 0 aliphatic rings. The van der Waals surface area contributed by atoms with Crippen molar-refractivity contribution < 1.29 is 13.3 Å². The number of anilines is 1. The Hall–Kier alpha value is -2.46. The second kappa shape index (κ2) is 5.89. The first kappa shape index (κ1) is 14.9. The van der Waals surface area contributed by atoms with Crippen LogP contribution >= 0.6 is 0 Å². The maximum atomic E-state index is 12.2. The van der Waals surface area contributed by atoms with E-state index in [4.69, 9.17) is 0 Å². The van der Waals surface area contributed by atoms with Crippen molar-refractivity contribution in [2.45, 2.75) is 11.4 Å². The van der Waals surface area contributed by atoms with Gasteiger partial charge in [-0.25, -0.2) is 13.1 Å². The highest BCUT2D eigenvalue weighted by Crippen LogP contribution is 2.26. The molecule has 0 spiro atoms. The first-order valence-electron chi connectivity index (χ1n) is 5.87. The van der Waals surface area contributed by atoms with Crippen molar-refractivity contribution in [1.82, 2.24) is 14.9 Å². The van der Waals surface area contributed by atoms with Crippen LogP contribution in [-0.4, -0.2) is 30.6 Å². The minimum absolute atomic E-state index is 0.0141. The Balaban J connectivity index is 2.35. The zero-order valence-corrected chi connectivity index (χ0v) is 11.8. The predicted octanol–water partition coefficient (Wildman–Crippen LogP) is 0.838. The molecule has 21 heavy (non-hydrogen) atoms. The normalized spacial score (nSPS) is 11.3. The number of nitrogens with zero attached hydrogens (tertiary/aromatic N) is 2. The minimum Gasteiger partial charge on any atom is -0.388 e. The van der Waals surface area contributed by atoms with Crippen LogP contribution in [0.5, 0.6) is 0 Å². The third kappa shape index (κ3) is 3.35. The molecular formula is C11H13N5O4S. The molecule has 0 radical (unpaired) electrons. The zero-order chi connectivity index (χ0) is 15.5. The smallest absolute Gasteiger partial charge is 0.289 e. The van der Waals surface area contributed by atoms with Gasteiger partial charge in [-0.1, -0.05) is 0 Å². The molecule has 1 aromatic heterocycles. The summed E-state index contributed by atoms with van der Waals surface area (Å²) < 4.78 is 26.8. The van der Waals surface area contributed by atoms with E-state index in [1.54, 1.807) is 7.05 Å². The zero-order valence-electron chi connectivity index (χ0n) is 11.0. The van der Waals surface area contributed by atoms with E-state index in [9.17, 15) is 18.5 Å². The van der Waals surface area contributed by atoms with Crippen LogP contribution in [0.1, 0.15) is 5.56 Å². The second-order valence-corrected chi connectivity index (χ2v) is 5.86. The summed E-state index contributed by atoms with van der Waals surface area (Å²) in [5.74, 6) is 0. The van der Waals surface area contributed by atoms with E-state index in [0.717, 1.165) is 6.07 Å². The van der Waals surface area contributed by atoms with Crippen LogP contribution in [0.4, 0.5) is 11.4 Å². The molecule has 0 aliphatic carbocycles. The summed E-state index contributed by atoms with van der Waals surface area (Å²) in [5, 5.41) is 20.0. The van der Waals surface area contributed by atoms with Gasteiger partial charge in [0.1, 0.15) is 0 Å². The van der Waals surface area contributed by atoms with Gasteiger partial charge >= 0.3 is 0 Å². The highest BCUT2D eigenvalue weighted by molar-refractivity contribution is 7.89. The minimum atomic E-state index is -4.02. The van der Waals surface area contributed by atoms with Crippen LogP contribution in [0.3, 0.4) is 0 Å². The molecule has 1 aromatic carbocycles. The number of sulfonamides is 1. The maximum absolute atomic E-state index is 12.2. The molecule has 112 valence electrons. The van der Waals surface area contributed by atoms with Gasteiger partial charge in [-0.05, 0) is 12.1 Å². The molecule has 0 atom stereocenters. The van der Waals surface area contributed by atoms with E-state index in [1.807, 2.05) is 0 Å². The van der Waals surface area contributed by atoms with Gasteiger partial charge in [0.25, 0.3) is 5.69 Å². The van der Waals surface area contributed by atoms with Crippen molar-refractivity contribution in [2.24, 2.45) is 0 Å². The van der Waals surface area contributed by atoms with Crippen molar-refractivity contribution >= 4 is 21.4 Å². The largest absolute Gasteiger partial charge is 0.388 e. The lowest BCUT2D eigenvalue weighted by Crippen LogP contribution is -2.24. The lowest BCUT2D eigenvalue weighted by Gasteiger charge is -2.08. The second-order valence-electron chi connectivity index (χ2n) is 4.12. The number of aromatic amines is 1. The van der Waals surface area contributed by atoms with E-state index < -0.39 is 20.6 Å². The number of nitro groups is 1. The lowest BCUT2D eigenvalue weighted by atomic mass is 10.3. The van der Waals surface area contributed by atoms with E-state index in [0.29, 0.717) is 11.3 Å². The molecule has 1 heterocycles. The fourth-order valence-corrected chi connectivity index (χ4v) is 2.88. The number of hydrogen-bond donors (Lipinski definition) is 3. The summed E-state index contributed by atoms with van der Waals surface area (Å²) in [7, 11) is -2.42. The fraction of sp³-hybridized carbons (Fsp3) is 0.182. The Morgan fingerprint density at radius 2 is 2.19 bits per heavy atom. The molecular weight excluding hydrogens is 298 g/mol. The maximum Gasteiger partial charge on any atom is 0.289 e. The van der Waals surface area contributed by atoms with Gasteiger partial charge in [0.15, 0.2) is 4.90 Å². The Kier molecular flexibility index (Phi) is 4.19. The van der Waals surface area contributed by atoms with E-state index in [-0.39, 0.29) is 11.4 Å². The van der Waals surface area contributed by atoms with Crippen LogP contribution in [0, 0.1) is 10.1 Å². The number of nitro benzene ring substituents is 1.